The lowest BCUT2D eigenvalue weighted by molar-refractivity contribution is 0.0697. The predicted octanol–water partition coefficient (Wildman–Crippen LogP) is 2.72. The van der Waals surface area contributed by atoms with Gasteiger partial charge >= 0.3 is 5.97 Å². The quantitative estimate of drug-likeness (QED) is 0.795. The number of hydrogen-bond donors (Lipinski definition) is 3. The summed E-state index contributed by atoms with van der Waals surface area (Å²) in [6.45, 7) is 2.37. The number of nitrogen functional groups attached to an aromatic ring is 1. The van der Waals surface area contributed by atoms with E-state index in [9.17, 15) is 9.90 Å². The molecule has 0 spiro atoms. The van der Waals surface area contributed by atoms with Crippen molar-refractivity contribution in [2.45, 2.75) is 38.7 Å². The number of aryl methyl sites for hydroxylation is 1. The van der Waals surface area contributed by atoms with E-state index in [1.807, 2.05) is 18.2 Å². The molecule has 6 heteroatoms. The average molecular weight is 329 g/mol. The topological polar surface area (TPSA) is 111 Å². The van der Waals surface area contributed by atoms with Crippen LogP contribution in [0.4, 0.5) is 5.69 Å². The third kappa shape index (κ3) is 3.01. The van der Waals surface area contributed by atoms with Gasteiger partial charge in [-0.15, -0.1) is 0 Å². The number of ether oxygens (including phenoxy) is 1. The molecule has 2 aromatic rings. The number of fused-ring (bicyclic) bond motifs is 1. The van der Waals surface area contributed by atoms with Crippen LogP contribution in [0, 0.1) is 12.8 Å². The smallest absolute Gasteiger partial charge is 0.339 e. The lowest BCUT2D eigenvalue weighted by atomic mass is 9.87. The van der Waals surface area contributed by atoms with Crippen molar-refractivity contribution in [1.82, 2.24) is 4.98 Å². The van der Waals surface area contributed by atoms with Gasteiger partial charge in [-0.1, -0.05) is 6.07 Å². The molecular formula is C18H23N3O3. The zero-order valence-corrected chi connectivity index (χ0v) is 13.8. The molecule has 6 nitrogen and oxygen atoms in total. The number of carbonyl (C=O) groups is 1. The Hall–Kier alpha value is -2.34. The first-order chi connectivity index (χ1) is 11.5. The number of benzene rings is 1. The van der Waals surface area contributed by atoms with Gasteiger partial charge in [-0.05, 0) is 57.2 Å². The van der Waals surface area contributed by atoms with Crippen molar-refractivity contribution >= 4 is 22.6 Å². The van der Waals surface area contributed by atoms with Gasteiger partial charge in [0.1, 0.15) is 11.3 Å². The second kappa shape index (κ2) is 6.65. The fourth-order valence-electron chi connectivity index (χ4n) is 3.47. The highest BCUT2D eigenvalue weighted by Crippen LogP contribution is 2.35. The normalized spacial score (nSPS) is 20.9. The Kier molecular flexibility index (Phi) is 4.57. The summed E-state index contributed by atoms with van der Waals surface area (Å²) in [7, 11) is 0. The van der Waals surface area contributed by atoms with Gasteiger partial charge in [0.05, 0.1) is 28.4 Å². The molecule has 1 aliphatic rings. The van der Waals surface area contributed by atoms with E-state index in [1.54, 1.807) is 6.92 Å². The number of aromatic carboxylic acids is 1. The fraction of sp³-hybridized carbons (Fsp3) is 0.444. The number of nitrogens with zero attached hydrogens (tertiary/aromatic N) is 1. The molecule has 1 saturated carbocycles. The minimum atomic E-state index is -1.07. The number of carboxylic acid groups (broad SMARTS) is 1. The van der Waals surface area contributed by atoms with Crippen molar-refractivity contribution in [2.75, 3.05) is 12.3 Å². The van der Waals surface area contributed by atoms with Crippen LogP contribution in [0.5, 0.6) is 5.75 Å². The first kappa shape index (κ1) is 16.5. The Morgan fingerprint density at radius 3 is 2.67 bits per heavy atom. The Morgan fingerprint density at radius 2 is 2.04 bits per heavy atom. The highest BCUT2D eigenvalue weighted by molar-refractivity contribution is 6.06. The summed E-state index contributed by atoms with van der Waals surface area (Å²) in [5.74, 6) is 0.110. The molecule has 3 rings (SSSR count). The van der Waals surface area contributed by atoms with Crippen LogP contribution in [-0.2, 0) is 0 Å². The van der Waals surface area contributed by atoms with Gasteiger partial charge in [0.2, 0.25) is 0 Å². The van der Waals surface area contributed by atoms with Crippen molar-refractivity contribution in [1.29, 1.82) is 0 Å². The molecule has 5 N–H and O–H groups in total. The zero-order valence-electron chi connectivity index (χ0n) is 13.8. The maximum absolute atomic E-state index is 11.5. The van der Waals surface area contributed by atoms with Gasteiger partial charge < -0.3 is 21.3 Å². The van der Waals surface area contributed by atoms with Crippen molar-refractivity contribution in [3.05, 3.63) is 29.5 Å². The third-order valence-electron chi connectivity index (χ3n) is 4.83. The number of carboxylic acids is 1. The fourth-order valence-corrected chi connectivity index (χ4v) is 3.47. The van der Waals surface area contributed by atoms with E-state index in [4.69, 9.17) is 16.2 Å². The highest BCUT2D eigenvalue weighted by Gasteiger charge is 2.24. The summed E-state index contributed by atoms with van der Waals surface area (Å²) in [5, 5.41) is 9.99. The van der Waals surface area contributed by atoms with Gasteiger partial charge in [-0.2, -0.15) is 0 Å². The molecular weight excluding hydrogens is 306 g/mol. The molecule has 1 heterocycles. The molecule has 0 saturated heterocycles. The summed E-state index contributed by atoms with van der Waals surface area (Å²) in [6.07, 6.45) is 4.11. The molecule has 0 atom stereocenters. The van der Waals surface area contributed by atoms with Crippen LogP contribution < -0.4 is 16.2 Å². The van der Waals surface area contributed by atoms with Gasteiger partial charge in [0, 0.05) is 0 Å². The Bertz CT molecular complexity index is 768. The molecule has 1 aromatic carbocycles. The van der Waals surface area contributed by atoms with Crippen LogP contribution in [0.2, 0.25) is 0 Å². The first-order valence-electron chi connectivity index (χ1n) is 8.30. The van der Waals surface area contributed by atoms with Crippen molar-refractivity contribution in [3.8, 4) is 5.75 Å². The summed E-state index contributed by atoms with van der Waals surface area (Å²) in [5.41, 5.74) is 13.2. The summed E-state index contributed by atoms with van der Waals surface area (Å²) < 4.78 is 6.16. The van der Waals surface area contributed by atoms with E-state index in [0.29, 0.717) is 28.3 Å². The monoisotopic (exact) mass is 329 g/mol. The summed E-state index contributed by atoms with van der Waals surface area (Å²) in [4.78, 5) is 15.9. The average Bonchev–Trinajstić information content (AvgIpc) is 2.55. The number of pyridine rings is 1. The SMILES string of the molecule is Cc1nc2cccc(OC3CCC(CN)CC3)c2c(N)c1C(=O)O. The molecule has 1 aromatic heterocycles. The van der Waals surface area contributed by atoms with Gasteiger partial charge in [-0.3, -0.25) is 4.98 Å². The lowest BCUT2D eigenvalue weighted by Crippen LogP contribution is -2.27. The largest absolute Gasteiger partial charge is 0.490 e. The van der Waals surface area contributed by atoms with Gasteiger partial charge in [-0.25, -0.2) is 4.79 Å². The Balaban J connectivity index is 1.97. The van der Waals surface area contributed by atoms with Crippen LogP contribution >= 0.6 is 0 Å². The van der Waals surface area contributed by atoms with Crippen LogP contribution in [0.15, 0.2) is 18.2 Å². The standard InChI is InChI=1S/C18H23N3O3/c1-10-15(18(22)23)17(20)16-13(21-10)3-2-4-14(16)24-12-7-5-11(9-19)6-8-12/h2-4,11-12H,5-9,19H2,1H3,(H2,20,21)(H,22,23). The van der Waals surface area contributed by atoms with E-state index in [2.05, 4.69) is 4.98 Å². The number of aromatic nitrogens is 1. The third-order valence-corrected chi connectivity index (χ3v) is 4.83. The second-order valence-corrected chi connectivity index (χ2v) is 6.44. The van der Waals surface area contributed by atoms with E-state index < -0.39 is 5.97 Å². The molecule has 1 fully saturated rings. The predicted molar refractivity (Wildman–Crippen MR) is 93.3 cm³/mol. The zero-order chi connectivity index (χ0) is 17.3. The van der Waals surface area contributed by atoms with E-state index in [1.165, 1.54) is 0 Å². The molecule has 24 heavy (non-hydrogen) atoms. The molecule has 0 bridgehead atoms. The van der Waals surface area contributed by atoms with Gasteiger partial charge in [0.15, 0.2) is 0 Å². The number of nitrogens with two attached hydrogens (primary N) is 2. The van der Waals surface area contributed by atoms with Gasteiger partial charge in [0.25, 0.3) is 0 Å². The molecule has 128 valence electrons. The number of hydrogen-bond acceptors (Lipinski definition) is 5. The molecule has 1 aliphatic carbocycles. The van der Waals surface area contributed by atoms with E-state index in [0.717, 1.165) is 32.2 Å². The lowest BCUT2D eigenvalue weighted by Gasteiger charge is -2.28. The minimum absolute atomic E-state index is 0.0467. The molecule has 0 radical (unpaired) electrons. The maximum atomic E-state index is 11.5. The minimum Gasteiger partial charge on any atom is -0.490 e. The molecule has 0 amide bonds. The highest BCUT2D eigenvalue weighted by atomic mass is 16.5. The van der Waals surface area contributed by atoms with E-state index in [-0.39, 0.29) is 17.4 Å². The Morgan fingerprint density at radius 1 is 1.33 bits per heavy atom. The van der Waals surface area contributed by atoms with Crippen LogP contribution in [-0.4, -0.2) is 28.7 Å². The second-order valence-electron chi connectivity index (χ2n) is 6.44. The number of rotatable bonds is 4. The summed E-state index contributed by atoms with van der Waals surface area (Å²) in [6, 6.07) is 5.51. The van der Waals surface area contributed by atoms with Crippen molar-refractivity contribution in [3.63, 3.8) is 0 Å². The molecule has 0 aliphatic heterocycles. The molecule has 0 unspecified atom stereocenters. The van der Waals surface area contributed by atoms with Crippen molar-refractivity contribution < 1.29 is 14.6 Å². The Labute approximate surface area is 140 Å². The maximum Gasteiger partial charge on any atom is 0.339 e. The van der Waals surface area contributed by atoms with Crippen LogP contribution in [0.1, 0.15) is 41.7 Å². The van der Waals surface area contributed by atoms with E-state index >= 15 is 0 Å². The van der Waals surface area contributed by atoms with Crippen molar-refractivity contribution in [2.24, 2.45) is 11.7 Å². The summed E-state index contributed by atoms with van der Waals surface area (Å²) >= 11 is 0. The van der Waals surface area contributed by atoms with Crippen LogP contribution in [0.25, 0.3) is 10.9 Å². The first-order valence-corrected chi connectivity index (χ1v) is 8.30. The van der Waals surface area contributed by atoms with Crippen LogP contribution in [0.3, 0.4) is 0 Å². The number of anilines is 1.